The van der Waals surface area contributed by atoms with Gasteiger partial charge in [0.05, 0.1) is 38.7 Å². The number of sulfonamides is 1. The Morgan fingerprint density at radius 3 is 2.50 bits per heavy atom. The van der Waals surface area contributed by atoms with Gasteiger partial charge in [0.15, 0.2) is 0 Å². The molecule has 0 bridgehead atoms. The monoisotopic (exact) mass is 386 g/mol. The normalized spacial score (nSPS) is 16.9. The minimum Gasteiger partial charge on any atom is -0.497 e. The quantitative estimate of drug-likeness (QED) is 0.688. The maximum absolute atomic E-state index is 12.3. The average molecular weight is 386 g/mol. The fourth-order valence-electron chi connectivity index (χ4n) is 2.65. The molecule has 1 atom stereocenters. The molecule has 1 aromatic rings. The van der Waals surface area contributed by atoms with Gasteiger partial charge in [0.25, 0.3) is 0 Å². The molecule has 0 saturated carbocycles. The van der Waals surface area contributed by atoms with Gasteiger partial charge < -0.3 is 19.5 Å². The predicted octanol–water partition coefficient (Wildman–Crippen LogP) is 0.239. The lowest BCUT2D eigenvalue weighted by Gasteiger charge is -2.26. The highest BCUT2D eigenvalue weighted by atomic mass is 32.2. The van der Waals surface area contributed by atoms with Gasteiger partial charge in [0, 0.05) is 26.6 Å². The third-order valence-electron chi connectivity index (χ3n) is 4.31. The second kappa shape index (κ2) is 9.31. The lowest BCUT2D eigenvalue weighted by Crippen LogP contribution is -2.42. The van der Waals surface area contributed by atoms with E-state index in [9.17, 15) is 18.3 Å². The molecule has 1 unspecified atom stereocenters. The van der Waals surface area contributed by atoms with Crippen molar-refractivity contribution in [3.05, 3.63) is 29.8 Å². The number of amides is 1. The first kappa shape index (κ1) is 20.6. The summed E-state index contributed by atoms with van der Waals surface area (Å²) in [6, 6.07) is 6.92. The molecule has 1 aromatic carbocycles. The van der Waals surface area contributed by atoms with Gasteiger partial charge in [0.2, 0.25) is 15.9 Å². The Labute approximate surface area is 154 Å². The largest absolute Gasteiger partial charge is 0.497 e. The summed E-state index contributed by atoms with van der Waals surface area (Å²) in [5, 5.41) is 10.3. The molecule has 0 aliphatic carbocycles. The summed E-state index contributed by atoms with van der Waals surface area (Å²) in [6.45, 7) is 1.48. The Kier molecular flexibility index (Phi) is 7.39. The standard InChI is InChI=1S/C17H26N2O6S/c1-18(13-16(20)14-3-5-15(24-2)6-4-14)17(21)7-12-26(22,23)19-8-10-25-11-9-19/h3-6,16,20H,7-13H2,1-2H3. The molecule has 1 aliphatic heterocycles. The van der Waals surface area contributed by atoms with Crippen molar-refractivity contribution in [3.8, 4) is 5.75 Å². The molecule has 0 radical (unpaired) electrons. The van der Waals surface area contributed by atoms with E-state index in [1.165, 1.54) is 9.21 Å². The van der Waals surface area contributed by atoms with Crippen molar-refractivity contribution < 1.29 is 27.8 Å². The van der Waals surface area contributed by atoms with Gasteiger partial charge in [-0.05, 0) is 17.7 Å². The molecule has 26 heavy (non-hydrogen) atoms. The zero-order valence-electron chi connectivity index (χ0n) is 15.1. The van der Waals surface area contributed by atoms with Crippen LogP contribution in [0.3, 0.4) is 0 Å². The number of benzene rings is 1. The molecule has 146 valence electrons. The average Bonchev–Trinajstić information content (AvgIpc) is 2.66. The van der Waals surface area contributed by atoms with Crippen molar-refractivity contribution in [1.82, 2.24) is 9.21 Å². The van der Waals surface area contributed by atoms with Gasteiger partial charge in [-0.2, -0.15) is 4.31 Å². The van der Waals surface area contributed by atoms with E-state index in [2.05, 4.69) is 0 Å². The highest BCUT2D eigenvalue weighted by molar-refractivity contribution is 7.89. The van der Waals surface area contributed by atoms with E-state index in [0.717, 1.165) is 0 Å². The number of hydrogen-bond donors (Lipinski definition) is 1. The maximum Gasteiger partial charge on any atom is 0.223 e. The number of aliphatic hydroxyl groups is 1. The fraction of sp³-hybridized carbons (Fsp3) is 0.588. The van der Waals surface area contributed by atoms with E-state index in [1.54, 1.807) is 38.4 Å². The summed E-state index contributed by atoms with van der Waals surface area (Å²) < 4.78 is 36.1. The fourth-order valence-corrected chi connectivity index (χ4v) is 4.05. The molecular formula is C17H26N2O6S. The summed E-state index contributed by atoms with van der Waals surface area (Å²) in [6.07, 6.45) is -0.975. The number of morpholine rings is 1. The Hall–Kier alpha value is -1.68. The zero-order valence-corrected chi connectivity index (χ0v) is 15.9. The number of likely N-dealkylation sites (N-methyl/N-ethyl adjacent to an activating group) is 1. The summed E-state index contributed by atoms with van der Waals surface area (Å²) in [7, 11) is -0.360. The first-order chi connectivity index (χ1) is 12.3. The van der Waals surface area contributed by atoms with E-state index in [1.807, 2.05) is 0 Å². The van der Waals surface area contributed by atoms with Crippen molar-refractivity contribution in [2.75, 3.05) is 52.8 Å². The summed E-state index contributed by atoms with van der Waals surface area (Å²) >= 11 is 0. The summed E-state index contributed by atoms with van der Waals surface area (Å²) in [4.78, 5) is 13.6. The number of rotatable bonds is 8. The molecule has 1 N–H and O–H groups in total. The van der Waals surface area contributed by atoms with Crippen molar-refractivity contribution in [2.45, 2.75) is 12.5 Å². The molecule has 0 aromatic heterocycles. The third-order valence-corrected chi connectivity index (χ3v) is 6.18. The second-order valence-electron chi connectivity index (χ2n) is 6.14. The number of aliphatic hydroxyl groups excluding tert-OH is 1. The first-order valence-corrected chi connectivity index (χ1v) is 10.1. The van der Waals surface area contributed by atoms with Crippen LogP contribution in [0.15, 0.2) is 24.3 Å². The van der Waals surface area contributed by atoms with Crippen LogP contribution in [-0.4, -0.2) is 81.4 Å². The Bertz CT molecular complexity index is 686. The van der Waals surface area contributed by atoms with Crippen LogP contribution in [-0.2, 0) is 19.6 Å². The summed E-state index contributed by atoms with van der Waals surface area (Å²) in [5.41, 5.74) is 0.659. The molecule has 9 heteroatoms. The van der Waals surface area contributed by atoms with Crippen LogP contribution in [0.25, 0.3) is 0 Å². The SMILES string of the molecule is COc1ccc(C(O)CN(C)C(=O)CCS(=O)(=O)N2CCOCC2)cc1. The second-order valence-corrected chi connectivity index (χ2v) is 8.23. The van der Waals surface area contributed by atoms with Gasteiger partial charge in [-0.15, -0.1) is 0 Å². The lowest BCUT2D eigenvalue weighted by atomic mass is 10.1. The van der Waals surface area contributed by atoms with Crippen molar-refractivity contribution in [1.29, 1.82) is 0 Å². The molecule has 1 heterocycles. The smallest absolute Gasteiger partial charge is 0.223 e. The Balaban J connectivity index is 1.84. The minimum atomic E-state index is -3.47. The number of carbonyl (C=O) groups is 1. The number of nitrogens with zero attached hydrogens (tertiary/aromatic N) is 2. The lowest BCUT2D eigenvalue weighted by molar-refractivity contribution is -0.130. The van der Waals surface area contributed by atoms with E-state index >= 15 is 0 Å². The number of ether oxygens (including phenoxy) is 2. The molecular weight excluding hydrogens is 360 g/mol. The van der Waals surface area contributed by atoms with E-state index in [0.29, 0.717) is 37.6 Å². The number of hydrogen-bond acceptors (Lipinski definition) is 6. The van der Waals surface area contributed by atoms with Gasteiger partial charge in [-0.25, -0.2) is 8.42 Å². The van der Waals surface area contributed by atoms with Crippen LogP contribution in [0.4, 0.5) is 0 Å². The van der Waals surface area contributed by atoms with Gasteiger partial charge >= 0.3 is 0 Å². The van der Waals surface area contributed by atoms with Crippen LogP contribution >= 0.6 is 0 Å². The molecule has 1 saturated heterocycles. The highest BCUT2D eigenvalue weighted by Crippen LogP contribution is 2.18. The topological polar surface area (TPSA) is 96.4 Å². The predicted molar refractivity (Wildman–Crippen MR) is 96.4 cm³/mol. The zero-order chi connectivity index (χ0) is 19.2. The summed E-state index contributed by atoms with van der Waals surface area (Å²) in [5.74, 6) is 0.113. The van der Waals surface area contributed by atoms with Crippen LogP contribution < -0.4 is 4.74 Å². The number of carbonyl (C=O) groups excluding carboxylic acids is 1. The highest BCUT2D eigenvalue weighted by Gasteiger charge is 2.26. The van der Waals surface area contributed by atoms with E-state index in [-0.39, 0.29) is 24.6 Å². The molecule has 1 amide bonds. The first-order valence-electron chi connectivity index (χ1n) is 8.45. The minimum absolute atomic E-state index is 0.0861. The number of methoxy groups -OCH3 is 1. The van der Waals surface area contributed by atoms with Gasteiger partial charge in [-0.1, -0.05) is 12.1 Å². The van der Waals surface area contributed by atoms with Crippen molar-refractivity contribution >= 4 is 15.9 Å². The van der Waals surface area contributed by atoms with Crippen LogP contribution in [0.2, 0.25) is 0 Å². The molecule has 8 nitrogen and oxygen atoms in total. The van der Waals surface area contributed by atoms with Crippen LogP contribution in [0.1, 0.15) is 18.1 Å². The third kappa shape index (κ3) is 5.66. The maximum atomic E-state index is 12.3. The Morgan fingerprint density at radius 2 is 1.92 bits per heavy atom. The molecule has 1 aliphatic rings. The van der Waals surface area contributed by atoms with Gasteiger partial charge in [-0.3, -0.25) is 4.79 Å². The molecule has 2 rings (SSSR count). The van der Waals surface area contributed by atoms with Crippen LogP contribution in [0, 0.1) is 0 Å². The van der Waals surface area contributed by atoms with E-state index < -0.39 is 16.1 Å². The Morgan fingerprint density at radius 1 is 1.31 bits per heavy atom. The van der Waals surface area contributed by atoms with Crippen LogP contribution in [0.5, 0.6) is 5.75 Å². The van der Waals surface area contributed by atoms with E-state index in [4.69, 9.17) is 9.47 Å². The van der Waals surface area contributed by atoms with Crippen molar-refractivity contribution in [2.24, 2.45) is 0 Å². The van der Waals surface area contributed by atoms with Gasteiger partial charge in [0.1, 0.15) is 5.75 Å². The molecule has 1 fully saturated rings. The van der Waals surface area contributed by atoms with Crippen molar-refractivity contribution in [3.63, 3.8) is 0 Å². The molecule has 0 spiro atoms.